The van der Waals surface area contributed by atoms with Crippen molar-refractivity contribution in [1.29, 1.82) is 0 Å². The number of carbonyl (C=O) groups excluding carboxylic acids is 1. The molecule has 0 fully saturated rings. The van der Waals surface area contributed by atoms with Gasteiger partial charge < -0.3 is 20.9 Å². The van der Waals surface area contributed by atoms with Crippen molar-refractivity contribution < 1.29 is 14.3 Å². The van der Waals surface area contributed by atoms with Crippen LogP contribution in [-0.4, -0.2) is 13.2 Å². The van der Waals surface area contributed by atoms with Gasteiger partial charge in [0.2, 0.25) is 0 Å². The van der Waals surface area contributed by atoms with Gasteiger partial charge in [0.05, 0.1) is 7.11 Å². The molecule has 1 atom stereocenters. The summed E-state index contributed by atoms with van der Waals surface area (Å²) in [6, 6.07) is 17.3. The van der Waals surface area contributed by atoms with Crippen molar-refractivity contribution in [3.8, 4) is 5.75 Å². The number of amides is 1. The standard InChI is InChI=1S/C9H13NO.C8H9NO2/c1-7(10)8-3-5-9(11-2)6-4-8;9-8(10)11-6-7-4-2-1-3-5-7/h3-7H,10H2,1-2H3;1-5H,6H2,(H2,9,10)/t7-;/m0./s1. The summed E-state index contributed by atoms with van der Waals surface area (Å²) in [5, 5.41) is 0. The first-order valence-corrected chi connectivity index (χ1v) is 6.88. The van der Waals surface area contributed by atoms with Crippen LogP contribution in [0.25, 0.3) is 0 Å². The third-order valence-corrected chi connectivity index (χ3v) is 2.87. The van der Waals surface area contributed by atoms with Gasteiger partial charge in [-0.3, -0.25) is 0 Å². The van der Waals surface area contributed by atoms with Crippen LogP contribution in [0.2, 0.25) is 0 Å². The van der Waals surface area contributed by atoms with Crippen LogP contribution in [-0.2, 0) is 11.3 Å². The molecule has 0 aliphatic carbocycles. The minimum atomic E-state index is -0.742. The summed E-state index contributed by atoms with van der Waals surface area (Å²) >= 11 is 0. The number of primary amides is 1. The SMILES string of the molecule is COc1ccc([C@H](C)N)cc1.NC(=O)OCc1ccccc1. The molecule has 0 radical (unpaired) electrons. The molecule has 2 rings (SSSR count). The Bertz CT molecular complexity index is 554. The molecule has 0 aromatic heterocycles. The number of carbonyl (C=O) groups is 1. The van der Waals surface area contributed by atoms with Crippen LogP contribution in [0.15, 0.2) is 54.6 Å². The Morgan fingerprint density at radius 3 is 2.14 bits per heavy atom. The second-order valence-electron chi connectivity index (χ2n) is 4.66. The molecule has 2 aromatic rings. The molecule has 22 heavy (non-hydrogen) atoms. The molecule has 5 nitrogen and oxygen atoms in total. The van der Waals surface area contributed by atoms with E-state index in [0.29, 0.717) is 0 Å². The third kappa shape index (κ3) is 6.76. The number of hydrogen-bond acceptors (Lipinski definition) is 4. The molecule has 0 bridgehead atoms. The molecule has 2 aromatic carbocycles. The summed E-state index contributed by atoms with van der Waals surface area (Å²) in [4.78, 5) is 10.2. The first kappa shape index (κ1) is 17.5. The maximum Gasteiger partial charge on any atom is 0.404 e. The highest BCUT2D eigenvalue weighted by molar-refractivity contribution is 5.64. The normalized spacial score (nSPS) is 10.9. The van der Waals surface area contributed by atoms with Crippen LogP contribution in [0.1, 0.15) is 24.1 Å². The minimum absolute atomic E-state index is 0.0981. The molecule has 4 N–H and O–H groups in total. The molecule has 0 unspecified atom stereocenters. The maximum absolute atomic E-state index is 10.2. The number of benzene rings is 2. The highest BCUT2D eigenvalue weighted by Gasteiger charge is 1.97. The lowest BCUT2D eigenvalue weighted by Crippen LogP contribution is -2.12. The zero-order valence-electron chi connectivity index (χ0n) is 12.9. The predicted octanol–water partition coefficient (Wildman–Crippen LogP) is 3.00. The Morgan fingerprint density at radius 2 is 1.68 bits per heavy atom. The van der Waals surface area contributed by atoms with Crippen molar-refractivity contribution in [1.82, 2.24) is 0 Å². The molecule has 118 valence electrons. The van der Waals surface area contributed by atoms with E-state index in [4.69, 9.17) is 16.2 Å². The summed E-state index contributed by atoms with van der Waals surface area (Å²) in [6.45, 7) is 2.21. The van der Waals surface area contributed by atoms with E-state index >= 15 is 0 Å². The fourth-order valence-corrected chi connectivity index (χ4v) is 1.64. The fourth-order valence-electron chi connectivity index (χ4n) is 1.64. The molecule has 5 heteroatoms. The monoisotopic (exact) mass is 302 g/mol. The van der Waals surface area contributed by atoms with Crippen LogP contribution in [0, 0.1) is 0 Å². The molecular formula is C17H22N2O3. The molecule has 0 saturated carbocycles. The quantitative estimate of drug-likeness (QED) is 0.908. The molecular weight excluding hydrogens is 280 g/mol. The largest absolute Gasteiger partial charge is 0.497 e. The van der Waals surface area contributed by atoms with Gasteiger partial charge in [-0.25, -0.2) is 4.79 Å². The van der Waals surface area contributed by atoms with E-state index in [1.165, 1.54) is 0 Å². The molecule has 0 spiro atoms. The average molecular weight is 302 g/mol. The number of nitrogens with two attached hydrogens (primary N) is 2. The van der Waals surface area contributed by atoms with Gasteiger partial charge in [0, 0.05) is 6.04 Å². The fraction of sp³-hybridized carbons (Fsp3) is 0.235. The van der Waals surface area contributed by atoms with Gasteiger partial charge in [0.15, 0.2) is 0 Å². The van der Waals surface area contributed by atoms with E-state index < -0.39 is 6.09 Å². The van der Waals surface area contributed by atoms with E-state index in [-0.39, 0.29) is 12.6 Å². The van der Waals surface area contributed by atoms with Crippen molar-refractivity contribution >= 4 is 6.09 Å². The van der Waals surface area contributed by atoms with Gasteiger partial charge in [0.25, 0.3) is 0 Å². The minimum Gasteiger partial charge on any atom is -0.497 e. The smallest absolute Gasteiger partial charge is 0.404 e. The Balaban J connectivity index is 0.000000220. The Labute approximate surface area is 130 Å². The van der Waals surface area contributed by atoms with E-state index in [2.05, 4.69) is 4.74 Å². The van der Waals surface area contributed by atoms with Gasteiger partial charge in [-0.05, 0) is 30.2 Å². The van der Waals surface area contributed by atoms with E-state index in [0.717, 1.165) is 16.9 Å². The third-order valence-electron chi connectivity index (χ3n) is 2.87. The highest BCUT2D eigenvalue weighted by atomic mass is 16.5. The summed E-state index contributed by atoms with van der Waals surface area (Å²) in [6.07, 6.45) is -0.742. The maximum atomic E-state index is 10.2. The lowest BCUT2D eigenvalue weighted by atomic mass is 10.1. The Kier molecular flexibility index (Phi) is 7.50. The second-order valence-corrected chi connectivity index (χ2v) is 4.66. The predicted molar refractivity (Wildman–Crippen MR) is 86.4 cm³/mol. The summed E-state index contributed by atoms with van der Waals surface area (Å²) in [5.74, 6) is 0.870. The van der Waals surface area contributed by atoms with Gasteiger partial charge in [0.1, 0.15) is 12.4 Å². The highest BCUT2D eigenvalue weighted by Crippen LogP contribution is 2.14. The topological polar surface area (TPSA) is 87.6 Å². The van der Waals surface area contributed by atoms with Crippen LogP contribution in [0.5, 0.6) is 5.75 Å². The first-order chi connectivity index (χ1) is 10.5. The molecule has 0 aliphatic rings. The Hall–Kier alpha value is -2.53. The van der Waals surface area contributed by atoms with Gasteiger partial charge in [-0.2, -0.15) is 0 Å². The van der Waals surface area contributed by atoms with E-state index in [1.54, 1.807) is 7.11 Å². The number of methoxy groups -OCH3 is 1. The number of rotatable bonds is 4. The lowest BCUT2D eigenvalue weighted by molar-refractivity contribution is 0.150. The van der Waals surface area contributed by atoms with Gasteiger partial charge >= 0.3 is 6.09 Å². The molecule has 0 heterocycles. The van der Waals surface area contributed by atoms with Crippen molar-refractivity contribution in [2.24, 2.45) is 11.5 Å². The van der Waals surface area contributed by atoms with Crippen LogP contribution in [0.4, 0.5) is 4.79 Å². The molecule has 1 amide bonds. The zero-order valence-corrected chi connectivity index (χ0v) is 12.9. The van der Waals surface area contributed by atoms with Crippen LogP contribution in [0.3, 0.4) is 0 Å². The second kappa shape index (κ2) is 9.41. The molecule has 0 saturated heterocycles. The van der Waals surface area contributed by atoms with Crippen molar-refractivity contribution in [2.45, 2.75) is 19.6 Å². The molecule has 0 aliphatic heterocycles. The first-order valence-electron chi connectivity index (χ1n) is 6.88. The number of ether oxygens (including phenoxy) is 2. The van der Waals surface area contributed by atoms with Crippen molar-refractivity contribution in [2.75, 3.05) is 7.11 Å². The Morgan fingerprint density at radius 1 is 1.09 bits per heavy atom. The van der Waals surface area contributed by atoms with Crippen molar-refractivity contribution in [3.05, 3.63) is 65.7 Å². The van der Waals surface area contributed by atoms with Gasteiger partial charge in [-0.15, -0.1) is 0 Å². The van der Waals surface area contributed by atoms with Gasteiger partial charge in [-0.1, -0.05) is 42.5 Å². The average Bonchev–Trinajstić information content (AvgIpc) is 2.54. The summed E-state index contributed by atoms with van der Waals surface area (Å²) < 4.78 is 9.57. The lowest BCUT2D eigenvalue weighted by Gasteiger charge is -2.05. The number of hydrogen-bond donors (Lipinski definition) is 2. The van der Waals surface area contributed by atoms with Crippen molar-refractivity contribution in [3.63, 3.8) is 0 Å². The van der Waals surface area contributed by atoms with E-state index in [9.17, 15) is 4.79 Å². The summed E-state index contributed by atoms with van der Waals surface area (Å²) in [5.41, 5.74) is 12.5. The van der Waals surface area contributed by atoms with Crippen LogP contribution < -0.4 is 16.2 Å². The summed E-state index contributed by atoms with van der Waals surface area (Å²) in [7, 11) is 1.65. The zero-order chi connectivity index (χ0) is 16.4. The van der Waals surface area contributed by atoms with Crippen LogP contribution >= 0.6 is 0 Å². The van der Waals surface area contributed by atoms with E-state index in [1.807, 2.05) is 61.5 Å².